The number of rotatable bonds is 3. The SMILES string of the molecule is COC(=O)N1C2CCC(C3CCC(S(C)(=O)=O)CC3)CC2N(C(=O)OC2CCCCN2)C[C@@H]1C. The number of carbonyl (C=O) groups is 2. The Morgan fingerprint density at radius 3 is 2.24 bits per heavy atom. The Kier molecular flexibility index (Phi) is 7.96. The molecule has 2 aliphatic heterocycles. The monoisotopic (exact) mass is 499 g/mol. The van der Waals surface area contributed by atoms with Crippen LogP contribution in [0.1, 0.15) is 71.1 Å². The van der Waals surface area contributed by atoms with Crippen LogP contribution in [-0.2, 0) is 19.3 Å². The number of hydrogen-bond acceptors (Lipinski definition) is 7. The molecule has 0 spiro atoms. The largest absolute Gasteiger partial charge is 0.453 e. The molecule has 34 heavy (non-hydrogen) atoms. The predicted octanol–water partition coefficient (Wildman–Crippen LogP) is 3.14. The highest BCUT2D eigenvalue weighted by Crippen LogP contribution is 2.43. The Balaban J connectivity index is 1.48. The first-order valence-electron chi connectivity index (χ1n) is 12.9. The van der Waals surface area contributed by atoms with Gasteiger partial charge in [0.1, 0.15) is 9.84 Å². The topological polar surface area (TPSA) is 105 Å². The van der Waals surface area contributed by atoms with Crippen molar-refractivity contribution < 1.29 is 27.5 Å². The quantitative estimate of drug-likeness (QED) is 0.636. The van der Waals surface area contributed by atoms with Gasteiger partial charge in [0.15, 0.2) is 6.23 Å². The van der Waals surface area contributed by atoms with E-state index in [0.717, 1.165) is 70.8 Å². The van der Waals surface area contributed by atoms with Crippen LogP contribution in [-0.4, -0.2) is 86.5 Å². The fourth-order valence-corrected chi connectivity index (χ4v) is 7.94. The lowest BCUT2D eigenvalue weighted by molar-refractivity contribution is -0.0533. The molecule has 0 aromatic heterocycles. The van der Waals surface area contributed by atoms with E-state index in [9.17, 15) is 18.0 Å². The smallest absolute Gasteiger partial charge is 0.411 e. The molecule has 2 saturated heterocycles. The van der Waals surface area contributed by atoms with Crippen LogP contribution >= 0.6 is 0 Å². The molecule has 2 saturated carbocycles. The molecule has 4 unspecified atom stereocenters. The molecular weight excluding hydrogens is 458 g/mol. The van der Waals surface area contributed by atoms with E-state index in [0.29, 0.717) is 18.4 Å². The zero-order chi connectivity index (χ0) is 24.5. The minimum atomic E-state index is -2.99. The molecule has 4 aliphatic rings. The standard InChI is InChI=1S/C24H41N3O6S/c1-16-15-26(23(28)33-22-6-4-5-13-25-22)21-14-18(9-12-20(21)27(16)24(29)32-2)17-7-10-19(11-8-17)34(3,30)31/h16-22,25H,4-15H2,1-3H3/t16-,17?,18?,19?,20?,21?,22?/m0/s1. The second kappa shape index (κ2) is 10.6. The fourth-order valence-electron chi connectivity index (χ4n) is 6.81. The molecule has 10 heteroatoms. The van der Waals surface area contributed by atoms with Gasteiger partial charge in [-0.25, -0.2) is 18.0 Å². The van der Waals surface area contributed by atoms with Gasteiger partial charge < -0.3 is 14.4 Å². The van der Waals surface area contributed by atoms with Crippen LogP contribution < -0.4 is 5.32 Å². The van der Waals surface area contributed by atoms with E-state index >= 15 is 0 Å². The highest BCUT2D eigenvalue weighted by atomic mass is 32.2. The minimum Gasteiger partial charge on any atom is -0.453 e. The maximum Gasteiger partial charge on any atom is 0.411 e. The van der Waals surface area contributed by atoms with Gasteiger partial charge in [-0.05, 0) is 89.5 Å². The van der Waals surface area contributed by atoms with Gasteiger partial charge in [0, 0.05) is 12.8 Å². The summed E-state index contributed by atoms with van der Waals surface area (Å²) in [4.78, 5) is 29.6. The molecule has 2 heterocycles. The first-order chi connectivity index (χ1) is 16.2. The third-order valence-corrected chi connectivity index (χ3v) is 10.3. The van der Waals surface area contributed by atoms with E-state index in [2.05, 4.69) is 5.32 Å². The van der Waals surface area contributed by atoms with Crippen LogP contribution in [0.2, 0.25) is 0 Å². The molecule has 1 N–H and O–H groups in total. The lowest BCUT2D eigenvalue weighted by atomic mass is 9.69. The van der Waals surface area contributed by atoms with E-state index in [1.165, 1.54) is 13.4 Å². The van der Waals surface area contributed by atoms with E-state index in [-0.39, 0.29) is 41.8 Å². The lowest BCUT2D eigenvalue weighted by Crippen LogP contribution is -2.67. The number of nitrogens with one attached hydrogen (secondary N) is 1. The number of ether oxygens (including phenoxy) is 2. The molecule has 2 aliphatic carbocycles. The Morgan fingerprint density at radius 1 is 0.912 bits per heavy atom. The van der Waals surface area contributed by atoms with Crippen LogP contribution in [0.5, 0.6) is 0 Å². The second-order valence-corrected chi connectivity index (χ2v) is 13.1. The van der Waals surface area contributed by atoms with Crippen LogP contribution in [0.3, 0.4) is 0 Å². The zero-order valence-corrected chi connectivity index (χ0v) is 21.6. The number of methoxy groups -OCH3 is 1. The Morgan fingerprint density at radius 2 is 1.62 bits per heavy atom. The number of piperidine rings is 1. The molecule has 9 nitrogen and oxygen atoms in total. The summed E-state index contributed by atoms with van der Waals surface area (Å²) in [6.07, 6.45) is 9.28. The van der Waals surface area contributed by atoms with Gasteiger partial charge in [-0.2, -0.15) is 0 Å². The van der Waals surface area contributed by atoms with Gasteiger partial charge in [0.2, 0.25) is 0 Å². The van der Waals surface area contributed by atoms with Crippen molar-refractivity contribution in [1.29, 1.82) is 0 Å². The Hall–Kier alpha value is -1.55. The number of fused-ring (bicyclic) bond motifs is 1. The molecule has 0 aromatic rings. The molecule has 0 radical (unpaired) electrons. The minimum absolute atomic E-state index is 0.0910. The molecule has 194 valence electrons. The average molecular weight is 500 g/mol. The summed E-state index contributed by atoms with van der Waals surface area (Å²) in [5, 5.41) is 3.06. The summed E-state index contributed by atoms with van der Waals surface area (Å²) < 4.78 is 34.9. The lowest BCUT2D eigenvalue weighted by Gasteiger charge is -2.54. The van der Waals surface area contributed by atoms with Crippen molar-refractivity contribution in [3.05, 3.63) is 0 Å². The summed E-state index contributed by atoms with van der Waals surface area (Å²) in [6.45, 7) is 3.24. The van der Waals surface area contributed by atoms with Gasteiger partial charge in [-0.1, -0.05) is 0 Å². The van der Waals surface area contributed by atoms with E-state index in [1.54, 1.807) is 0 Å². The summed E-state index contributed by atoms with van der Waals surface area (Å²) in [7, 11) is -1.58. The third kappa shape index (κ3) is 5.48. The fraction of sp³-hybridized carbons (Fsp3) is 0.917. The molecule has 4 fully saturated rings. The van der Waals surface area contributed by atoms with Crippen LogP contribution in [0.4, 0.5) is 9.59 Å². The van der Waals surface area contributed by atoms with Crippen molar-refractivity contribution in [3.63, 3.8) is 0 Å². The number of amides is 2. The molecule has 2 amide bonds. The van der Waals surface area contributed by atoms with E-state index < -0.39 is 9.84 Å². The highest BCUT2D eigenvalue weighted by Gasteiger charge is 2.49. The number of piperazine rings is 1. The highest BCUT2D eigenvalue weighted by molar-refractivity contribution is 7.91. The van der Waals surface area contributed by atoms with Crippen molar-refractivity contribution in [1.82, 2.24) is 15.1 Å². The maximum atomic E-state index is 13.3. The predicted molar refractivity (Wildman–Crippen MR) is 128 cm³/mol. The van der Waals surface area contributed by atoms with Gasteiger partial charge in [0.05, 0.1) is 30.5 Å². The van der Waals surface area contributed by atoms with Crippen LogP contribution in [0, 0.1) is 11.8 Å². The number of carbonyl (C=O) groups excluding carboxylic acids is 2. The van der Waals surface area contributed by atoms with Gasteiger partial charge in [-0.3, -0.25) is 10.2 Å². The normalized spacial score (nSPS) is 37.0. The van der Waals surface area contributed by atoms with Crippen molar-refractivity contribution in [2.45, 2.75) is 101 Å². The van der Waals surface area contributed by atoms with E-state index in [1.807, 2.05) is 16.7 Å². The first kappa shape index (κ1) is 25.5. The van der Waals surface area contributed by atoms with E-state index in [4.69, 9.17) is 9.47 Å². The van der Waals surface area contributed by atoms with Crippen molar-refractivity contribution >= 4 is 22.0 Å². The number of nitrogens with zero attached hydrogens (tertiary/aromatic N) is 2. The van der Waals surface area contributed by atoms with Gasteiger partial charge in [-0.15, -0.1) is 0 Å². The zero-order valence-electron chi connectivity index (χ0n) is 20.8. The van der Waals surface area contributed by atoms with Crippen molar-refractivity contribution in [2.75, 3.05) is 26.5 Å². The maximum absolute atomic E-state index is 13.3. The van der Waals surface area contributed by atoms with Crippen LogP contribution in [0.15, 0.2) is 0 Å². The molecule has 5 atom stereocenters. The summed E-state index contributed by atoms with van der Waals surface area (Å²) in [6, 6.07) is -0.355. The van der Waals surface area contributed by atoms with Gasteiger partial charge >= 0.3 is 12.2 Å². The second-order valence-electron chi connectivity index (χ2n) is 10.8. The van der Waals surface area contributed by atoms with Crippen molar-refractivity contribution in [3.8, 4) is 0 Å². The Bertz CT molecular complexity index is 838. The first-order valence-corrected chi connectivity index (χ1v) is 14.9. The third-order valence-electron chi connectivity index (χ3n) is 8.63. The molecule has 0 bridgehead atoms. The Labute approximate surface area is 203 Å². The summed E-state index contributed by atoms with van der Waals surface area (Å²) in [5.74, 6) is 0.875. The summed E-state index contributed by atoms with van der Waals surface area (Å²) >= 11 is 0. The number of hydrogen-bond donors (Lipinski definition) is 1. The molecule has 0 aromatic carbocycles. The molecule has 4 rings (SSSR count). The van der Waals surface area contributed by atoms with Crippen LogP contribution in [0.25, 0.3) is 0 Å². The van der Waals surface area contributed by atoms with Crippen molar-refractivity contribution in [2.24, 2.45) is 11.8 Å². The summed E-state index contributed by atoms with van der Waals surface area (Å²) in [5.41, 5.74) is 0. The van der Waals surface area contributed by atoms with Gasteiger partial charge in [0.25, 0.3) is 0 Å². The average Bonchev–Trinajstić information content (AvgIpc) is 2.83. The number of sulfone groups is 1. The molecular formula is C24H41N3O6S.